The number of aliphatic hydroxyl groups is 2. The zero-order valence-electron chi connectivity index (χ0n) is 18.3. The van der Waals surface area contributed by atoms with E-state index in [1.165, 1.54) is 0 Å². The van der Waals surface area contributed by atoms with Crippen LogP contribution in [0.3, 0.4) is 0 Å². The lowest BCUT2D eigenvalue weighted by Crippen LogP contribution is -2.56. The molecule has 1 aliphatic carbocycles. The van der Waals surface area contributed by atoms with Crippen LogP contribution in [-0.2, 0) is 10.2 Å². The normalized spacial score (nSPS) is 24.5. The van der Waals surface area contributed by atoms with Gasteiger partial charge in [-0.3, -0.25) is 14.4 Å². The van der Waals surface area contributed by atoms with Gasteiger partial charge in [-0.1, -0.05) is 67.9 Å². The molecular weight excluding hydrogens is 406 g/mol. The van der Waals surface area contributed by atoms with Crippen LogP contribution in [0.25, 0.3) is 0 Å². The van der Waals surface area contributed by atoms with E-state index in [1.807, 2.05) is 13.0 Å². The summed E-state index contributed by atoms with van der Waals surface area (Å²) in [4.78, 5) is 42.4. The maximum atomic E-state index is 13.6. The molecule has 0 aromatic heterocycles. The summed E-state index contributed by atoms with van der Waals surface area (Å²) < 4.78 is 0. The van der Waals surface area contributed by atoms with E-state index in [0.717, 1.165) is 6.42 Å². The lowest BCUT2D eigenvalue weighted by atomic mass is 9.71. The molecule has 0 saturated carbocycles. The molecule has 1 saturated heterocycles. The number of nitrogens with zero attached hydrogens (tertiary/aromatic N) is 1. The molecule has 0 bridgehead atoms. The van der Waals surface area contributed by atoms with Crippen molar-refractivity contribution in [2.75, 3.05) is 19.7 Å². The Morgan fingerprint density at radius 2 is 1.62 bits per heavy atom. The van der Waals surface area contributed by atoms with Crippen molar-refractivity contribution in [2.45, 2.75) is 44.1 Å². The largest absolute Gasteiger partial charge is 0.396 e. The zero-order valence-corrected chi connectivity index (χ0v) is 18.3. The van der Waals surface area contributed by atoms with Gasteiger partial charge in [0.1, 0.15) is 5.41 Å². The van der Waals surface area contributed by atoms with E-state index in [1.54, 1.807) is 53.4 Å². The van der Waals surface area contributed by atoms with E-state index in [9.17, 15) is 24.6 Å². The lowest BCUT2D eigenvalue weighted by molar-refractivity contribution is -0.143. The molecule has 0 radical (unpaired) electrons. The first-order valence-electron chi connectivity index (χ1n) is 11.2. The van der Waals surface area contributed by atoms with Crippen LogP contribution in [0, 0.1) is 5.41 Å². The van der Waals surface area contributed by atoms with Crippen LogP contribution >= 0.6 is 0 Å². The molecule has 32 heavy (non-hydrogen) atoms. The predicted molar refractivity (Wildman–Crippen MR) is 119 cm³/mol. The molecule has 2 aliphatic rings. The number of benzene rings is 2. The third-order valence-corrected chi connectivity index (χ3v) is 7.18. The van der Waals surface area contributed by atoms with Crippen LogP contribution in [0.4, 0.5) is 0 Å². The van der Waals surface area contributed by atoms with Crippen molar-refractivity contribution < 1.29 is 24.6 Å². The predicted octanol–water partition coefficient (Wildman–Crippen LogP) is 2.77. The number of amides is 1. The Balaban J connectivity index is 1.70. The minimum absolute atomic E-state index is 0.206. The summed E-state index contributed by atoms with van der Waals surface area (Å²) in [7, 11) is 0. The van der Waals surface area contributed by atoms with Crippen molar-refractivity contribution in [2.24, 2.45) is 5.41 Å². The van der Waals surface area contributed by atoms with Crippen molar-refractivity contribution in [3.63, 3.8) is 0 Å². The van der Waals surface area contributed by atoms with Gasteiger partial charge < -0.3 is 15.1 Å². The maximum Gasteiger partial charge on any atom is 0.224 e. The summed E-state index contributed by atoms with van der Waals surface area (Å²) in [5, 5.41) is 20.6. The molecular formula is C26H29NO5. The highest BCUT2D eigenvalue weighted by Gasteiger charge is 2.56. The van der Waals surface area contributed by atoms with Crippen LogP contribution in [0.15, 0.2) is 54.6 Å². The van der Waals surface area contributed by atoms with E-state index >= 15 is 0 Å². The average molecular weight is 436 g/mol. The van der Waals surface area contributed by atoms with Crippen molar-refractivity contribution in [1.82, 2.24) is 4.90 Å². The highest BCUT2D eigenvalue weighted by molar-refractivity contribution is 6.34. The number of aliphatic hydroxyl groups excluding tert-OH is 2. The summed E-state index contributed by atoms with van der Waals surface area (Å²) in [5.74, 6) is -1.02. The molecule has 6 heteroatoms. The number of Topliss-reactive ketones (excluding diaryl/α,β-unsaturated/α-hetero) is 2. The highest BCUT2D eigenvalue weighted by Crippen LogP contribution is 2.43. The Morgan fingerprint density at radius 3 is 2.19 bits per heavy atom. The van der Waals surface area contributed by atoms with Crippen LogP contribution in [0.2, 0.25) is 0 Å². The van der Waals surface area contributed by atoms with Gasteiger partial charge in [0.05, 0.1) is 19.1 Å². The number of likely N-dealkylation sites (tertiary alicyclic amines) is 1. The lowest BCUT2D eigenvalue weighted by Gasteiger charge is -2.46. The number of hydrogen-bond acceptors (Lipinski definition) is 5. The van der Waals surface area contributed by atoms with Crippen molar-refractivity contribution in [3.05, 3.63) is 71.3 Å². The Labute approximate surface area is 187 Å². The third kappa shape index (κ3) is 3.38. The fraction of sp³-hybridized carbons (Fsp3) is 0.423. The molecule has 1 amide bonds. The monoisotopic (exact) mass is 435 g/mol. The minimum Gasteiger partial charge on any atom is -0.396 e. The molecule has 168 valence electrons. The Bertz CT molecular complexity index is 999. The first-order chi connectivity index (χ1) is 15.4. The number of rotatable bonds is 6. The first kappa shape index (κ1) is 22.4. The fourth-order valence-corrected chi connectivity index (χ4v) is 5.37. The van der Waals surface area contributed by atoms with Gasteiger partial charge in [-0.2, -0.15) is 0 Å². The second-order valence-corrected chi connectivity index (χ2v) is 9.04. The molecule has 1 fully saturated rings. The van der Waals surface area contributed by atoms with Crippen LogP contribution in [-0.4, -0.2) is 58.4 Å². The van der Waals surface area contributed by atoms with Gasteiger partial charge in [0.15, 0.2) is 11.6 Å². The van der Waals surface area contributed by atoms with Crippen LogP contribution in [0.1, 0.15) is 58.9 Å². The molecule has 1 aliphatic heterocycles. The van der Waals surface area contributed by atoms with E-state index in [-0.39, 0.29) is 37.0 Å². The van der Waals surface area contributed by atoms with E-state index < -0.39 is 16.9 Å². The third-order valence-electron chi connectivity index (χ3n) is 7.18. The number of hydrogen-bond donors (Lipinski definition) is 2. The Hall–Kier alpha value is -2.83. The van der Waals surface area contributed by atoms with Crippen LogP contribution < -0.4 is 0 Å². The molecule has 0 unspecified atom stereocenters. The van der Waals surface area contributed by atoms with E-state index in [4.69, 9.17) is 0 Å². The number of ketones is 2. The SMILES string of the molecule is CCC[C@]1(CO)CN(C(=O)CC2(c3ccccc3)C(=O)c3ccccc3C2=O)CC[C@H]1O. The number of piperidine rings is 1. The maximum absolute atomic E-state index is 13.6. The molecule has 2 atom stereocenters. The van der Waals surface area contributed by atoms with Crippen molar-refractivity contribution in [3.8, 4) is 0 Å². The van der Waals surface area contributed by atoms with Gasteiger partial charge in [-0.25, -0.2) is 0 Å². The molecule has 2 N–H and O–H groups in total. The van der Waals surface area contributed by atoms with Gasteiger partial charge >= 0.3 is 0 Å². The molecule has 0 spiro atoms. The molecule has 6 nitrogen and oxygen atoms in total. The fourth-order valence-electron chi connectivity index (χ4n) is 5.37. The van der Waals surface area contributed by atoms with E-state index in [0.29, 0.717) is 36.1 Å². The average Bonchev–Trinajstić information content (AvgIpc) is 3.04. The summed E-state index contributed by atoms with van der Waals surface area (Å²) in [6.07, 6.45) is 0.736. The molecule has 1 heterocycles. The number of fused-ring (bicyclic) bond motifs is 1. The number of carbonyl (C=O) groups excluding carboxylic acids is 3. The zero-order chi connectivity index (χ0) is 22.9. The highest BCUT2D eigenvalue weighted by atomic mass is 16.3. The summed E-state index contributed by atoms with van der Waals surface area (Å²) >= 11 is 0. The second-order valence-electron chi connectivity index (χ2n) is 9.04. The molecule has 4 rings (SSSR count). The summed E-state index contributed by atoms with van der Waals surface area (Å²) in [6.45, 7) is 2.28. The molecule has 2 aromatic rings. The van der Waals surface area contributed by atoms with Gasteiger partial charge in [-0.05, 0) is 18.4 Å². The standard InChI is InChI=1S/C26H29NO5/c1-2-13-25(17-28)16-27(14-12-21(25)29)22(30)15-26(18-8-4-3-5-9-18)23(31)19-10-6-7-11-20(19)24(26)32/h3-11,21,28-29H,2,12-17H2,1H3/t21-,25-/m1/s1. The minimum atomic E-state index is -1.59. The van der Waals surface area contributed by atoms with Crippen molar-refractivity contribution in [1.29, 1.82) is 0 Å². The van der Waals surface area contributed by atoms with Gasteiger partial charge in [0.25, 0.3) is 0 Å². The number of carbonyl (C=O) groups is 3. The Kier molecular flexibility index (Phi) is 6.01. The molecule has 2 aromatic carbocycles. The Morgan fingerprint density at radius 1 is 1.03 bits per heavy atom. The van der Waals surface area contributed by atoms with Crippen molar-refractivity contribution >= 4 is 17.5 Å². The topological polar surface area (TPSA) is 94.9 Å². The quantitative estimate of drug-likeness (QED) is 0.681. The first-order valence-corrected chi connectivity index (χ1v) is 11.2. The van der Waals surface area contributed by atoms with Gasteiger partial charge in [0.2, 0.25) is 5.91 Å². The van der Waals surface area contributed by atoms with Crippen LogP contribution in [0.5, 0.6) is 0 Å². The summed E-state index contributed by atoms with van der Waals surface area (Å²) in [5.41, 5.74) is -1.17. The smallest absolute Gasteiger partial charge is 0.224 e. The summed E-state index contributed by atoms with van der Waals surface area (Å²) in [6, 6.07) is 15.5. The van der Waals surface area contributed by atoms with E-state index in [2.05, 4.69) is 0 Å². The van der Waals surface area contributed by atoms with Gasteiger partial charge in [0, 0.05) is 29.6 Å². The van der Waals surface area contributed by atoms with Gasteiger partial charge in [-0.15, -0.1) is 0 Å². The second kappa shape index (κ2) is 8.60.